The lowest BCUT2D eigenvalue weighted by molar-refractivity contribution is -0.122. The molecule has 0 saturated carbocycles. The van der Waals surface area contributed by atoms with E-state index < -0.39 is 13.3 Å². The number of nitrogens with one attached hydrogen (secondary N) is 1. The monoisotopic (exact) mass is 1540 g/mol. The summed E-state index contributed by atoms with van der Waals surface area (Å²) in [5, 5.41) is 2.85. The van der Waals surface area contributed by atoms with Crippen molar-refractivity contribution in [1.82, 2.24) is 45.2 Å². The quantitative estimate of drug-likeness (QED) is 0.0170. The van der Waals surface area contributed by atoms with Gasteiger partial charge in [-0.1, -0.05) is 13.8 Å². The van der Waals surface area contributed by atoms with Gasteiger partial charge in [-0.25, -0.2) is 28.7 Å². The van der Waals surface area contributed by atoms with E-state index >= 15 is 0 Å². The highest BCUT2D eigenvalue weighted by Gasteiger charge is 2.21. The van der Waals surface area contributed by atoms with Crippen molar-refractivity contribution in [2.45, 2.75) is 65.2 Å². The number of nitrogens with two attached hydrogens (primary N) is 8. The first-order valence-electron chi connectivity index (χ1n) is 34.9. The Hall–Kier alpha value is -11.6. The lowest BCUT2D eigenvalue weighted by atomic mass is 10.1. The molecule has 17 N–H and O–H groups in total. The second-order valence-electron chi connectivity index (χ2n) is 23.3. The first-order valence-corrected chi connectivity index (χ1v) is 34.9. The molecule has 602 valence electrons. The topological polar surface area (TPSA) is 488 Å². The summed E-state index contributed by atoms with van der Waals surface area (Å²) in [4.78, 5) is 43.6. The number of hydrogen-bond donors (Lipinski definition) is 9. The Kier molecular flexibility index (Phi) is 39.9. The van der Waals surface area contributed by atoms with Crippen molar-refractivity contribution in [3.63, 3.8) is 0 Å². The van der Waals surface area contributed by atoms with Crippen LogP contribution in [-0.2, 0) is 49.4 Å². The molecule has 0 aliphatic carbocycles. The maximum absolute atomic E-state index is 12.0. The first-order chi connectivity index (χ1) is 53.2. The van der Waals surface area contributed by atoms with Crippen molar-refractivity contribution in [3.8, 4) is 69.0 Å². The summed E-state index contributed by atoms with van der Waals surface area (Å²) in [6.45, 7) is 7.74. The summed E-state index contributed by atoms with van der Waals surface area (Å²) < 4.78 is 112. The molecule has 4 aromatic heterocycles. The molecule has 4 aromatic carbocycles. The highest BCUT2D eigenvalue weighted by atomic mass is 18.2. The van der Waals surface area contributed by atoms with E-state index in [0.717, 1.165) is 57.3 Å². The molecule has 0 aliphatic heterocycles. The number of amides is 1. The summed E-state index contributed by atoms with van der Waals surface area (Å²) in [7, 11) is 12.4. The minimum atomic E-state index is -0.528. The molecule has 0 unspecified atom stereocenters. The van der Waals surface area contributed by atoms with E-state index in [2.05, 4.69) is 52.1 Å². The molecule has 0 fully saturated rings. The second-order valence-corrected chi connectivity index (χ2v) is 23.3. The predicted molar refractivity (Wildman–Crippen MR) is 413 cm³/mol. The van der Waals surface area contributed by atoms with Gasteiger partial charge in [0.05, 0.1) is 103 Å². The van der Waals surface area contributed by atoms with E-state index in [9.17, 15) is 13.6 Å². The van der Waals surface area contributed by atoms with Crippen LogP contribution in [0.25, 0.3) is 0 Å². The number of aromatic nitrogens is 8. The summed E-state index contributed by atoms with van der Waals surface area (Å²) in [5.74, 6) is 7.97. The van der Waals surface area contributed by atoms with Gasteiger partial charge in [0.25, 0.3) is 0 Å². The third kappa shape index (κ3) is 29.8. The minimum absolute atomic E-state index is 0.0356. The number of anilines is 8. The van der Waals surface area contributed by atoms with Crippen LogP contribution in [0.4, 0.5) is 55.8 Å². The first kappa shape index (κ1) is 89.0. The van der Waals surface area contributed by atoms with E-state index in [4.69, 9.17) is 122 Å². The van der Waals surface area contributed by atoms with Crippen molar-refractivity contribution >= 4 is 53.0 Å². The van der Waals surface area contributed by atoms with Gasteiger partial charge in [-0.2, -0.15) is 19.9 Å². The van der Waals surface area contributed by atoms with E-state index in [0.29, 0.717) is 177 Å². The minimum Gasteiger partial charge on any atom is -0.493 e. The van der Waals surface area contributed by atoms with Crippen LogP contribution in [0.15, 0.2) is 73.3 Å². The van der Waals surface area contributed by atoms with Gasteiger partial charge >= 0.3 is 0 Å². The Labute approximate surface area is 639 Å². The molecular weight excluding hydrogens is 1430 g/mol. The number of nitrogen functional groups attached to an aromatic ring is 8. The summed E-state index contributed by atoms with van der Waals surface area (Å²) in [6, 6.07) is 14.7. The molecule has 36 heteroatoms. The molecule has 0 spiro atoms. The Balaban J connectivity index is 0.000000264. The fraction of sp³-hybridized carbons (Fsp3) is 0.446. The van der Waals surface area contributed by atoms with E-state index in [-0.39, 0.29) is 69.3 Å². The number of carbonyl (C=O) groups excluding carboxylic acids is 1. The van der Waals surface area contributed by atoms with Gasteiger partial charge in [-0.3, -0.25) is 4.79 Å². The van der Waals surface area contributed by atoms with Gasteiger partial charge in [-0.15, -0.1) is 0 Å². The number of benzene rings is 4. The molecule has 0 radical (unpaired) electrons. The number of ether oxygens (including phenoxy) is 16. The Morgan fingerprint density at radius 1 is 0.345 bits per heavy atom. The average Bonchev–Trinajstić information content (AvgIpc) is 0.833. The van der Waals surface area contributed by atoms with Crippen molar-refractivity contribution in [3.05, 3.63) is 118 Å². The van der Waals surface area contributed by atoms with Crippen LogP contribution >= 0.6 is 0 Å². The summed E-state index contributed by atoms with van der Waals surface area (Å²) in [5.41, 5.74) is 52.3. The highest BCUT2D eigenvalue weighted by molar-refractivity contribution is 5.76. The number of alkyl halides is 2. The molecular formula is C74H105F2N17O17. The fourth-order valence-electron chi connectivity index (χ4n) is 10.0. The number of nitrogens with zero attached hydrogens (tertiary/aromatic N) is 8. The van der Waals surface area contributed by atoms with Crippen LogP contribution in [0.5, 0.6) is 69.0 Å². The number of hydrogen-bond acceptors (Lipinski definition) is 33. The van der Waals surface area contributed by atoms with Crippen LogP contribution in [-0.4, -0.2) is 202 Å². The fourth-order valence-corrected chi connectivity index (χ4v) is 10.0. The normalized spacial score (nSPS) is 10.6. The van der Waals surface area contributed by atoms with Crippen molar-refractivity contribution < 1.29 is 89.4 Å². The summed E-state index contributed by atoms with van der Waals surface area (Å²) >= 11 is 0. The lowest BCUT2D eigenvalue weighted by Crippen LogP contribution is -2.26. The molecule has 0 atom stereocenters. The zero-order chi connectivity index (χ0) is 80.2. The number of halogens is 2. The predicted octanol–water partition coefficient (Wildman–Crippen LogP) is 7.23. The van der Waals surface area contributed by atoms with Gasteiger partial charge in [0.2, 0.25) is 52.7 Å². The lowest BCUT2D eigenvalue weighted by Gasteiger charge is -2.16. The molecule has 1 amide bonds. The van der Waals surface area contributed by atoms with Crippen molar-refractivity contribution in [1.29, 1.82) is 0 Å². The van der Waals surface area contributed by atoms with E-state index in [1.54, 1.807) is 53.2 Å². The third-order valence-electron chi connectivity index (χ3n) is 15.3. The molecule has 8 aromatic rings. The number of carbonyl (C=O) groups is 1. The molecule has 0 bridgehead atoms. The Bertz CT molecular complexity index is 3690. The maximum atomic E-state index is 12.0. The van der Waals surface area contributed by atoms with Crippen LogP contribution in [0.2, 0.25) is 0 Å². The van der Waals surface area contributed by atoms with Gasteiger partial charge < -0.3 is 127 Å². The van der Waals surface area contributed by atoms with Crippen molar-refractivity contribution in [2.24, 2.45) is 0 Å². The number of rotatable bonds is 44. The largest absolute Gasteiger partial charge is 0.493 e. The van der Waals surface area contributed by atoms with Gasteiger partial charge in [0.15, 0.2) is 46.0 Å². The van der Waals surface area contributed by atoms with E-state index in [1.165, 1.54) is 28.4 Å². The average molecular weight is 1540 g/mol. The Morgan fingerprint density at radius 3 is 0.827 bits per heavy atom. The summed E-state index contributed by atoms with van der Waals surface area (Å²) in [6.07, 6.45) is 11.2. The molecule has 34 nitrogen and oxygen atoms in total. The smallest absolute Gasteiger partial charge is 0.222 e. The second kappa shape index (κ2) is 49.3. The van der Waals surface area contributed by atoms with Crippen molar-refractivity contribution in [2.75, 3.05) is 202 Å². The zero-order valence-electron chi connectivity index (χ0n) is 64.1. The number of methoxy groups -OCH3 is 8. The van der Waals surface area contributed by atoms with Gasteiger partial charge in [0.1, 0.15) is 56.4 Å². The SMILES string of the molecule is CCCOCCC(=O)NCCCOc1c(OC)cc(Cc2cnc(N)nc2N)cc1OC.CCCOCCOc1c(OC)cc(Cc2cnc(N)nc2N)cc1OC.COc1cc(Cc2cnc(N)nc2N)cc(OC)c1OCCOCC[18F].COc1cc(Cc2cnc(N)nc2N)cc(OC)c1OCCOCC[18F]. The zero-order valence-corrected chi connectivity index (χ0v) is 64.1. The van der Waals surface area contributed by atoms with Crippen LogP contribution in [0, 0.1) is 0 Å². The molecule has 8 rings (SSSR count). The van der Waals surface area contributed by atoms with Crippen LogP contribution in [0.3, 0.4) is 0 Å². The molecule has 0 aliphatic rings. The highest BCUT2D eigenvalue weighted by Crippen LogP contribution is 2.43. The van der Waals surface area contributed by atoms with E-state index in [1.807, 2.05) is 55.5 Å². The van der Waals surface area contributed by atoms with Gasteiger partial charge in [0, 0.05) is 98.9 Å². The maximum Gasteiger partial charge on any atom is 0.222 e. The molecule has 4 heterocycles. The molecule has 110 heavy (non-hydrogen) atoms. The Morgan fingerprint density at radius 2 is 0.591 bits per heavy atom. The van der Waals surface area contributed by atoms with Crippen LogP contribution < -0.4 is 108 Å². The standard InChI is InChI=1S/C22H33N5O5.C18H26N4O4.2C17H23FN4O4/c1-4-8-31-10-6-19(28)25-7-5-9-32-20-17(29-2)12-15(13-18(20)30-3)11-16-14-26-22(24)27-21(16)23;1-4-5-25-6-7-26-16-14(23-2)9-12(10-15(16)24-3)8-13-11-21-18(20)22-17(13)19;2*1-23-13-8-11(7-12-10-21-17(20)22-16(12)19)9-14(24-2)15(13)26-6-5-25-4-3-18/h12-14H,4-11H2,1-3H3,(H,25,28)(H4,23,24,26,27);9-11H,4-8H2,1-3H3,(H4,19,20,21,22);2*8-10H,3-7H2,1-2H3,(H4,19,20,21,22)/i;;2*18-1. The van der Waals surface area contributed by atoms with Gasteiger partial charge in [-0.05, 0) is 90.0 Å². The van der Waals surface area contributed by atoms with Crippen LogP contribution in [0.1, 0.15) is 84.0 Å². The third-order valence-corrected chi connectivity index (χ3v) is 15.3. The molecule has 0 saturated heterocycles.